The van der Waals surface area contributed by atoms with Gasteiger partial charge in [-0.2, -0.15) is 0 Å². The number of esters is 3. The van der Waals surface area contributed by atoms with Crippen molar-refractivity contribution in [1.29, 1.82) is 0 Å². The lowest BCUT2D eigenvalue weighted by Gasteiger charge is -2.61. The molecule has 0 aromatic heterocycles. The Labute approximate surface area is 882 Å². The molecule has 12 saturated carbocycles. The van der Waals surface area contributed by atoms with E-state index in [1.807, 2.05) is 0 Å². The molecule has 18 aliphatic carbocycles. The molecular weight excluding hydrogens is 1790 g/mol. The smallest absolute Gasteiger partial charge is 0.312 e. The van der Waals surface area contributed by atoms with Crippen LogP contribution >= 0.6 is 0 Å². The fourth-order valence-electron chi connectivity index (χ4n) is 39.3. The molecule has 0 radical (unpaired) electrons. The van der Waals surface area contributed by atoms with Crippen LogP contribution in [0, 0.1) is 176 Å². The first-order valence-corrected chi connectivity index (χ1v) is 60.0. The van der Waals surface area contributed by atoms with Crippen LogP contribution in [0.25, 0.3) is 0 Å². The van der Waals surface area contributed by atoms with E-state index < -0.39 is 16.2 Å². The monoisotopic (exact) mass is 2000 g/mol. The maximum absolute atomic E-state index is 14.2. The standard InChI is InChI=1S/C45H70O4.2C44H68O4/c1-11-40(5)24-18-34-32(27-40)14-17-37-43(34,8)21-13-23-45(37,10)39(46)48-29-31(4)26-38(49-47)44(9)22-12-20-42(7)35-19-25-41(6,30(2)3)28-33(35)15-16-36(42)44;2*1-28(2)31-12-16-35-33(25-31)14-18-37-41(35,6)20-10-22-43(37,8)39(48-46)24-30(5)27-47-40(45)44(9)23-11-21-42(7)36-17-13-32(29(3)4)26-34(36)15-19-38(42)44/h11,27-28,31,34-38,47H,1-2,12-26,29H2,3-10H3;25-26,30,35-39,46H,10-24,27H2,1-9H3;12-13,25-26,28-30,35-39,46H,10-11,14-24,27H2,1-9H3. The SMILES string of the molecule is C=CC1(C)C=C2CCC3C(C)(C(=O)OCC(C)CC(OO)C4(C)CCCC5(C)C6CCC(C)(C(=C)C)C=C6CCC45)CCCC3(C)C2CC1.CC(C)=C1C=C2CCC3C(C)(C(=O)OCC(C)CC(OO)C4(C)CCCC5(C)C6CCC(=C(C)C)C=C6CCC45)CCCC3(C)C2CC1.CC(COC(=O)C1(C)CCCC2(C)C3CC=C(C(C)C)C=C3CCC12)CC(OO)C1(C)CCCC2(C)C3CC=C(C(C)C)C=C3CCC12. The third-order valence-electron chi connectivity index (χ3n) is 48.1. The van der Waals surface area contributed by atoms with Crippen molar-refractivity contribution in [3.05, 3.63) is 140 Å². The Morgan fingerprint density at radius 2 is 0.628 bits per heavy atom. The molecule has 0 aliphatic heterocycles. The van der Waals surface area contributed by atoms with E-state index in [1.54, 1.807) is 39.0 Å². The summed E-state index contributed by atoms with van der Waals surface area (Å²) in [5.41, 5.74) is 19.8. The zero-order valence-corrected chi connectivity index (χ0v) is 96.7. The van der Waals surface area contributed by atoms with Crippen molar-refractivity contribution in [2.45, 2.75) is 474 Å². The molecular formula is C133H206O12. The summed E-state index contributed by atoms with van der Waals surface area (Å²) < 4.78 is 18.9. The maximum atomic E-state index is 14.2. The number of hydrogen-bond donors (Lipinski definition) is 3. The van der Waals surface area contributed by atoms with Crippen molar-refractivity contribution in [1.82, 2.24) is 0 Å². The Morgan fingerprint density at radius 3 is 0.945 bits per heavy atom. The van der Waals surface area contributed by atoms with E-state index >= 15 is 0 Å². The zero-order chi connectivity index (χ0) is 105. The van der Waals surface area contributed by atoms with E-state index in [-0.39, 0.29) is 114 Å². The highest BCUT2D eigenvalue weighted by Gasteiger charge is 2.67. The molecule has 0 heterocycles. The average molecular weight is 2000 g/mol. The lowest BCUT2D eigenvalue weighted by atomic mass is 9.44. The predicted octanol–water partition coefficient (Wildman–Crippen LogP) is 35.7. The number of allylic oxidation sites excluding steroid dienone is 22. The van der Waals surface area contributed by atoms with Crippen LogP contribution in [-0.4, -0.2) is 71.8 Å². The highest BCUT2D eigenvalue weighted by molar-refractivity contribution is 5.79. The Morgan fingerprint density at radius 1 is 0.345 bits per heavy atom. The Hall–Kier alpha value is -4.95. The highest BCUT2D eigenvalue weighted by atomic mass is 17.1. The zero-order valence-electron chi connectivity index (χ0n) is 96.7. The van der Waals surface area contributed by atoms with Crippen LogP contribution in [0.4, 0.5) is 0 Å². The van der Waals surface area contributed by atoms with Crippen molar-refractivity contribution in [2.75, 3.05) is 19.8 Å². The second-order valence-electron chi connectivity index (χ2n) is 58.0. The number of carbonyl (C=O) groups is 3. The summed E-state index contributed by atoms with van der Waals surface area (Å²) in [6.07, 6.45) is 69.1. The number of ether oxygens (including phenoxy) is 3. The van der Waals surface area contributed by atoms with Crippen LogP contribution in [0.5, 0.6) is 0 Å². The Kier molecular flexibility index (Phi) is 33.5. The summed E-state index contributed by atoms with van der Waals surface area (Å²) in [7, 11) is 0. The molecule has 0 amide bonds. The summed E-state index contributed by atoms with van der Waals surface area (Å²) in [4.78, 5) is 58.8. The first-order valence-electron chi connectivity index (χ1n) is 60.0. The largest absolute Gasteiger partial charge is 0.465 e. The predicted molar refractivity (Wildman–Crippen MR) is 593 cm³/mol. The third-order valence-corrected chi connectivity index (χ3v) is 48.1. The lowest BCUT2D eigenvalue weighted by molar-refractivity contribution is -0.322. The van der Waals surface area contributed by atoms with Gasteiger partial charge in [0.1, 0.15) is 0 Å². The van der Waals surface area contributed by atoms with Gasteiger partial charge < -0.3 is 14.2 Å². The van der Waals surface area contributed by atoms with E-state index in [0.29, 0.717) is 122 Å². The van der Waals surface area contributed by atoms with Gasteiger partial charge in [-0.15, -0.1) is 6.58 Å². The van der Waals surface area contributed by atoms with E-state index in [1.165, 1.54) is 136 Å². The minimum atomic E-state index is -0.449. The van der Waals surface area contributed by atoms with Crippen molar-refractivity contribution in [3.63, 3.8) is 0 Å². The van der Waals surface area contributed by atoms with Gasteiger partial charge in [0, 0.05) is 27.1 Å². The van der Waals surface area contributed by atoms with Crippen LogP contribution in [0.2, 0.25) is 0 Å². The molecule has 3 N–H and O–H groups in total. The number of fused-ring (bicyclic) bond motifs is 18. The molecule has 18 rings (SSSR count). The summed E-state index contributed by atoms with van der Waals surface area (Å²) in [5.74, 6) is 7.56. The summed E-state index contributed by atoms with van der Waals surface area (Å²) in [5, 5.41) is 31.5. The highest BCUT2D eigenvalue weighted by Crippen LogP contribution is 2.73. The van der Waals surface area contributed by atoms with Crippen molar-refractivity contribution in [2.24, 2.45) is 176 Å². The van der Waals surface area contributed by atoms with Crippen LogP contribution in [0.15, 0.2) is 140 Å². The molecule has 12 heteroatoms. The van der Waals surface area contributed by atoms with Crippen LogP contribution in [-0.2, 0) is 43.3 Å². The fraction of sp³-hybridized carbons (Fsp3) is 0.797. The molecule has 0 aromatic rings. The summed E-state index contributed by atoms with van der Waals surface area (Å²) in [6.45, 7) is 70.2. The van der Waals surface area contributed by atoms with Crippen molar-refractivity contribution in [3.8, 4) is 0 Å². The van der Waals surface area contributed by atoms with Crippen molar-refractivity contribution < 1.29 is 59.0 Å². The van der Waals surface area contributed by atoms with Gasteiger partial charge >= 0.3 is 17.9 Å². The Bertz CT molecular complexity index is 5080. The van der Waals surface area contributed by atoms with Gasteiger partial charge in [-0.25, -0.2) is 14.7 Å². The van der Waals surface area contributed by atoms with Gasteiger partial charge in [-0.05, 0) is 448 Å². The van der Waals surface area contributed by atoms with E-state index in [4.69, 9.17) is 28.9 Å². The van der Waals surface area contributed by atoms with Gasteiger partial charge in [-0.3, -0.25) is 30.2 Å². The van der Waals surface area contributed by atoms with Crippen molar-refractivity contribution >= 4 is 17.9 Å². The van der Waals surface area contributed by atoms with E-state index in [0.717, 1.165) is 154 Å². The first kappa shape index (κ1) is 113. The van der Waals surface area contributed by atoms with Gasteiger partial charge in [-0.1, -0.05) is 275 Å². The van der Waals surface area contributed by atoms with Gasteiger partial charge in [0.2, 0.25) is 0 Å². The molecule has 0 saturated heterocycles. The topological polar surface area (TPSA) is 167 Å². The number of rotatable bonds is 25. The minimum absolute atomic E-state index is 0.00183. The van der Waals surface area contributed by atoms with E-state index in [9.17, 15) is 30.2 Å². The maximum Gasteiger partial charge on any atom is 0.312 e. The third kappa shape index (κ3) is 20.5. The first-order chi connectivity index (χ1) is 68.3. The second-order valence-corrected chi connectivity index (χ2v) is 58.0. The Balaban J connectivity index is 0.000000156. The normalized spacial score (nSPS) is 42.4. The molecule has 0 spiro atoms. The van der Waals surface area contributed by atoms with Crippen LogP contribution < -0.4 is 0 Å². The molecule has 145 heavy (non-hydrogen) atoms. The molecule has 18 aliphatic rings. The van der Waals surface area contributed by atoms with Gasteiger partial charge in [0.25, 0.3) is 0 Å². The average Bonchev–Trinajstić information content (AvgIpc) is 0.688. The summed E-state index contributed by atoms with van der Waals surface area (Å²) >= 11 is 0. The number of hydrogen-bond acceptors (Lipinski definition) is 12. The lowest BCUT2D eigenvalue weighted by Crippen LogP contribution is -2.56. The molecule has 0 bridgehead atoms. The molecule has 12 nitrogen and oxygen atoms in total. The molecule has 0 aromatic carbocycles. The second kappa shape index (κ2) is 43.1. The van der Waals surface area contributed by atoms with Gasteiger partial charge in [0.05, 0.1) is 54.4 Å². The molecule has 810 valence electrons. The molecule has 32 atom stereocenters. The molecule has 32 unspecified atom stereocenters. The van der Waals surface area contributed by atoms with Crippen LogP contribution in [0.3, 0.4) is 0 Å². The molecule has 12 fully saturated rings. The summed E-state index contributed by atoms with van der Waals surface area (Å²) in [6, 6.07) is 0. The van der Waals surface area contributed by atoms with Crippen LogP contribution in [0.1, 0.15) is 456 Å². The van der Waals surface area contributed by atoms with E-state index in [2.05, 4.69) is 248 Å². The fourth-order valence-corrected chi connectivity index (χ4v) is 39.3. The number of carbonyl (C=O) groups excluding carboxylic acids is 3. The van der Waals surface area contributed by atoms with Gasteiger partial charge in [0.15, 0.2) is 0 Å². The minimum Gasteiger partial charge on any atom is -0.465 e. The quantitative estimate of drug-likeness (QED) is 0.0261.